The van der Waals surface area contributed by atoms with Gasteiger partial charge in [-0.15, -0.1) is 0 Å². The van der Waals surface area contributed by atoms with Gasteiger partial charge in [-0.2, -0.15) is 0 Å². The van der Waals surface area contributed by atoms with Crippen LogP contribution in [0.25, 0.3) is 0 Å². The first-order valence-corrected chi connectivity index (χ1v) is 8.60. The molecule has 4 nitrogen and oxygen atoms in total. The Balaban J connectivity index is 2.12. The second-order valence-corrected chi connectivity index (χ2v) is 6.87. The normalized spacial score (nSPS) is 12.6. The fourth-order valence-electron chi connectivity index (χ4n) is 2.22. The first-order chi connectivity index (χ1) is 10.6. The fourth-order valence-corrected chi connectivity index (χ4v) is 3.63. The number of rotatable bonds is 5. The highest BCUT2D eigenvalue weighted by Crippen LogP contribution is 2.27. The van der Waals surface area contributed by atoms with Crippen LogP contribution >= 0.6 is 0 Å². The lowest BCUT2D eigenvalue weighted by Gasteiger charge is -2.15. The van der Waals surface area contributed by atoms with Crippen LogP contribution < -0.4 is 0 Å². The summed E-state index contributed by atoms with van der Waals surface area (Å²) in [4.78, 5) is 12.0. The maximum atomic E-state index is 12.4. The molecule has 0 saturated heterocycles. The third kappa shape index (κ3) is 3.74. The van der Waals surface area contributed by atoms with Gasteiger partial charge >= 0.3 is 5.30 Å². The smallest absolute Gasteiger partial charge is 0.425 e. The van der Waals surface area contributed by atoms with Crippen LogP contribution in [0.15, 0.2) is 60.7 Å². The molecule has 0 aliphatic carbocycles. The highest BCUT2D eigenvalue weighted by Gasteiger charge is 2.34. The van der Waals surface area contributed by atoms with Crippen molar-refractivity contribution in [3.8, 4) is 0 Å². The molecule has 0 fully saturated rings. The Hall–Kier alpha value is -2.14. The van der Waals surface area contributed by atoms with E-state index < -0.39 is 20.4 Å². The van der Waals surface area contributed by atoms with Gasteiger partial charge in [-0.25, -0.2) is 13.2 Å². The summed E-state index contributed by atoms with van der Waals surface area (Å²) in [7, 11) is -4.04. The van der Waals surface area contributed by atoms with Gasteiger partial charge in [0.1, 0.15) is 6.61 Å². The average Bonchev–Trinajstić information content (AvgIpc) is 2.55. The van der Waals surface area contributed by atoms with E-state index in [4.69, 9.17) is 4.74 Å². The van der Waals surface area contributed by atoms with Gasteiger partial charge in [0.2, 0.25) is 0 Å². The van der Waals surface area contributed by atoms with Crippen LogP contribution in [-0.4, -0.2) is 13.7 Å². The summed E-state index contributed by atoms with van der Waals surface area (Å²) < 4.78 is 29.8. The second kappa shape index (κ2) is 7.22. The molecule has 0 bridgehead atoms. The van der Waals surface area contributed by atoms with Crippen LogP contribution in [0.4, 0.5) is 4.79 Å². The van der Waals surface area contributed by atoms with E-state index in [1.54, 1.807) is 61.5 Å². The van der Waals surface area contributed by atoms with Crippen molar-refractivity contribution in [1.82, 2.24) is 0 Å². The zero-order chi connectivity index (χ0) is 16.0. The highest BCUT2D eigenvalue weighted by atomic mass is 32.2. The molecular formula is C17H18O4S. The Bertz CT molecular complexity index is 709. The lowest BCUT2D eigenvalue weighted by molar-refractivity contribution is 0.165. The molecule has 5 heteroatoms. The number of benzene rings is 2. The number of ether oxygens (including phenoxy) is 1. The molecule has 0 amide bonds. The van der Waals surface area contributed by atoms with Crippen LogP contribution in [-0.2, 0) is 21.2 Å². The highest BCUT2D eigenvalue weighted by molar-refractivity contribution is 8.05. The SMILES string of the molecule is CCC(c1ccccc1)S(=O)(=O)C(=O)OCc1ccccc1. The molecule has 22 heavy (non-hydrogen) atoms. The third-order valence-corrected chi connectivity index (χ3v) is 5.29. The molecule has 0 aromatic heterocycles. The van der Waals surface area contributed by atoms with Crippen molar-refractivity contribution in [2.24, 2.45) is 0 Å². The molecule has 0 saturated carbocycles. The lowest BCUT2D eigenvalue weighted by atomic mass is 10.1. The van der Waals surface area contributed by atoms with Gasteiger partial charge in [-0.1, -0.05) is 67.6 Å². The molecular weight excluding hydrogens is 300 g/mol. The minimum Gasteiger partial charge on any atom is -0.449 e. The molecule has 2 aromatic carbocycles. The van der Waals surface area contributed by atoms with Crippen LogP contribution in [0.1, 0.15) is 29.7 Å². The standard InChI is InChI=1S/C17H18O4S/c1-2-16(15-11-7-4-8-12-15)22(19,20)17(18)21-13-14-9-5-3-6-10-14/h3-12,16H,2,13H2,1H3. The summed E-state index contributed by atoms with van der Waals surface area (Å²) in [6.07, 6.45) is 0.312. The van der Waals surface area contributed by atoms with Crippen molar-refractivity contribution >= 4 is 15.1 Å². The van der Waals surface area contributed by atoms with E-state index in [0.717, 1.165) is 5.56 Å². The predicted octanol–water partition coefficient (Wildman–Crippen LogP) is 3.89. The molecule has 2 aromatic rings. The molecule has 0 radical (unpaired) electrons. The number of hydrogen-bond acceptors (Lipinski definition) is 4. The first-order valence-electron chi connectivity index (χ1n) is 7.05. The number of hydrogen-bond donors (Lipinski definition) is 0. The van der Waals surface area contributed by atoms with Gasteiger partial charge in [0.05, 0.1) is 5.25 Å². The van der Waals surface area contributed by atoms with Crippen molar-refractivity contribution < 1.29 is 17.9 Å². The second-order valence-electron chi connectivity index (χ2n) is 4.88. The van der Waals surface area contributed by atoms with Crippen molar-refractivity contribution in [2.75, 3.05) is 0 Å². The summed E-state index contributed by atoms with van der Waals surface area (Å²) in [6.45, 7) is 1.68. The van der Waals surface area contributed by atoms with E-state index in [9.17, 15) is 13.2 Å². The van der Waals surface area contributed by atoms with E-state index in [2.05, 4.69) is 0 Å². The van der Waals surface area contributed by atoms with Gasteiger partial charge in [0, 0.05) is 0 Å². The maximum Gasteiger partial charge on any atom is 0.425 e. The van der Waals surface area contributed by atoms with Crippen LogP contribution in [0, 0.1) is 0 Å². The van der Waals surface area contributed by atoms with Gasteiger partial charge in [-0.3, -0.25) is 0 Å². The zero-order valence-corrected chi connectivity index (χ0v) is 13.1. The molecule has 116 valence electrons. The summed E-state index contributed by atoms with van der Waals surface area (Å²) >= 11 is 0. The molecule has 0 N–H and O–H groups in total. The van der Waals surface area contributed by atoms with E-state index >= 15 is 0 Å². The number of sulfone groups is 1. The predicted molar refractivity (Wildman–Crippen MR) is 85.0 cm³/mol. The van der Waals surface area contributed by atoms with Gasteiger partial charge in [-0.05, 0) is 17.5 Å². The quantitative estimate of drug-likeness (QED) is 0.785. The summed E-state index contributed by atoms with van der Waals surface area (Å²) in [5, 5.41) is -2.05. The Morgan fingerprint density at radius 2 is 1.55 bits per heavy atom. The van der Waals surface area contributed by atoms with E-state index in [0.29, 0.717) is 12.0 Å². The molecule has 0 spiro atoms. The van der Waals surface area contributed by atoms with E-state index in [1.807, 2.05) is 6.07 Å². The van der Waals surface area contributed by atoms with Crippen LogP contribution in [0.5, 0.6) is 0 Å². The lowest BCUT2D eigenvalue weighted by Crippen LogP contribution is -2.23. The number of carbonyl (C=O) groups excluding carboxylic acids is 1. The van der Waals surface area contributed by atoms with Gasteiger partial charge in [0.25, 0.3) is 9.84 Å². The van der Waals surface area contributed by atoms with Gasteiger partial charge in [0.15, 0.2) is 0 Å². The molecule has 0 aliphatic heterocycles. The molecule has 1 atom stereocenters. The third-order valence-electron chi connectivity index (χ3n) is 3.35. The Morgan fingerprint density at radius 1 is 1.00 bits per heavy atom. The minimum atomic E-state index is -4.04. The van der Waals surface area contributed by atoms with Crippen molar-refractivity contribution in [1.29, 1.82) is 0 Å². The zero-order valence-electron chi connectivity index (χ0n) is 12.3. The number of carbonyl (C=O) groups is 1. The monoisotopic (exact) mass is 318 g/mol. The summed E-state index contributed by atoms with van der Waals surface area (Å²) in [5.74, 6) is 0. The van der Waals surface area contributed by atoms with Crippen LogP contribution in [0.3, 0.4) is 0 Å². The average molecular weight is 318 g/mol. The van der Waals surface area contributed by atoms with Gasteiger partial charge < -0.3 is 4.74 Å². The molecule has 1 unspecified atom stereocenters. The molecule has 0 heterocycles. The Morgan fingerprint density at radius 3 is 2.09 bits per heavy atom. The topological polar surface area (TPSA) is 60.4 Å². The maximum absolute atomic E-state index is 12.4. The van der Waals surface area contributed by atoms with Crippen molar-refractivity contribution in [3.63, 3.8) is 0 Å². The largest absolute Gasteiger partial charge is 0.449 e. The van der Waals surface area contributed by atoms with E-state index in [-0.39, 0.29) is 6.61 Å². The Kier molecular flexibility index (Phi) is 5.33. The Labute approximate surface area is 130 Å². The molecule has 0 aliphatic rings. The molecule has 2 rings (SSSR count). The fraction of sp³-hybridized carbons (Fsp3) is 0.235. The first kappa shape index (κ1) is 16.2. The minimum absolute atomic E-state index is 0.0515. The van der Waals surface area contributed by atoms with Crippen LogP contribution in [0.2, 0.25) is 0 Å². The van der Waals surface area contributed by atoms with Crippen molar-refractivity contribution in [2.45, 2.75) is 25.2 Å². The summed E-state index contributed by atoms with van der Waals surface area (Å²) in [6, 6.07) is 17.7. The van der Waals surface area contributed by atoms with E-state index in [1.165, 1.54) is 0 Å². The van der Waals surface area contributed by atoms with Crippen molar-refractivity contribution in [3.05, 3.63) is 71.8 Å². The summed E-state index contributed by atoms with van der Waals surface area (Å²) in [5.41, 5.74) is 1.35.